The van der Waals surface area contributed by atoms with Crippen molar-refractivity contribution in [2.24, 2.45) is 0 Å². The van der Waals surface area contributed by atoms with Crippen molar-refractivity contribution in [2.75, 3.05) is 18.4 Å². The lowest BCUT2D eigenvalue weighted by Crippen LogP contribution is -2.42. The maximum Gasteiger partial charge on any atom is 0.243 e. The van der Waals surface area contributed by atoms with Gasteiger partial charge in [-0.2, -0.15) is 9.40 Å². The van der Waals surface area contributed by atoms with Gasteiger partial charge in [-0.1, -0.05) is 6.07 Å². The van der Waals surface area contributed by atoms with Crippen molar-refractivity contribution in [3.05, 3.63) is 48.4 Å². The smallest absolute Gasteiger partial charge is 0.243 e. The molecule has 2 aromatic rings. The van der Waals surface area contributed by atoms with Crippen LogP contribution in [0.5, 0.6) is 0 Å². The second-order valence-electron chi connectivity index (χ2n) is 5.39. The number of nitrogens with one attached hydrogen (secondary N) is 1. The summed E-state index contributed by atoms with van der Waals surface area (Å²) in [4.78, 5) is -0.00200. The molecule has 1 aliphatic heterocycles. The number of nitrogens with zero attached hydrogens (tertiary/aromatic N) is 3. The minimum atomic E-state index is -3.64. The van der Waals surface area contributed by atoms with Gasteiger partial charge >= 0.3 is 0 Å². The first-order chi connectivity index (χ1) is 11.1. The highest BCUT2D eigenvalue weighted by Crippen LogP contribution is 2.22. The van der Waals surface area contributed by atoms with Crippen molar-refractivity contribution in [3.63, 3.8) is 0 Å². The summed E-state index contributed by atoms with van der Waals surface area (Å²) in [6.45, 7) is 0.771. The molecule has 23 heavy (non-hydrogen) atoms. The number of halogens is 1. The zero-order chi connectivity index (χ0) is 16.3. The maximum absolute atomic E-state index is 13.3. The number of piperidine rings is 1. The zero-order valence-electron chi connectivity index (χ0n) is 12.4. The molecule has 6 nitrogen and oxygen atoms in total. The van der Waals surface area contributed by atoms with Crippen molar-refractivity contribution in [2.45, 2.75) is 23.8 Å². The van der Waals surface area contributed by atoms with E-state index >= 15 is 0 Å². The Kier molecular flexibility index (Phi) is 4.53. The van der Waals surface area contributed by atoms with Crippen LogP contribution in [0, 0.1) is 5.82 Å². The highest BCUT2D eigenvalue weighted by molar-refractivity contribution is 7.89. The van der Waals surface area contributed by atoms with Gasteiger partial charge < -0.3 is 5.32 Å². The molecule has 1 fully saturated rings. The number of rotatable bonds is 4. The van der Waals surface area contributed by atoms with Gasteiger partial charge in [0.25, 0.3) is 0 Å². The third-order valence-corrected chi connectivity index (χ3v) is 5.71. The fraction of sp³-hybridized carbons (Fsp3) is 0.333. The monoisotopic (exact) mass is 336 g/mol. The second-order valence-corrected chi connectivity index (χ2v) is 7.33. The Morgan fingerprint density at radius 2 is 1.96 bits per heavy atom. The van der Waals surface area contributed by atoms with E-state index in [4.69, 9.17) is 0 Å². The van der Waals surface area contributed by atoms with Gasteiger partial charge in [0.15, 0.2) is 0 Å². The van der Waals surface area contributed by atoms with Gasteiger partial charge in [-0.15, -0.1) is 5.10 Å². The van der Waals surface area contributed by atoms with Gasteiger partial charge in [0.2, 0.25) is 10.0 Å². The normalized spacial score (nSPS) is 17.1. The summed E-state index contributed by atoms with van der Waals surface area (Å²) in [5, 5.41) is 11.0. The molecule has 0 amide bonds. The molecule has 122 valence electrons. The first-order valence-electron chi connectivity index (χ1n) is 7.36. The predicted octanol–water partition coefficient (Wildman–Crippen LogP) is 1.88. The van der Waals surface area contributed by atoms with Gasteiger partial charge in [0.05, 0.1) is 4.90 Å². The maximum atomic E-state index is 13.3. The lowest BCUT2D eigenvalue weighted by Gasteiger charge is -2.31. The Labute approximate surface area is 134 Å². The second kappa shape index (κ2) is 6.59. The van der Waals surface area contributed by atoms with Crippen molar-refractivity contribution in [3.8, 4) is 0 Å². The Balaban J connectivity index is 1.64. The van der Waals surface area contributed by atoms with Crippen LogP contribution in [0.25, 0.3) is 0 Å². The molecule has 1 aliphatic rings. The van der Waals surface area contributed by atoms with E-state index in [-0.39, 0.29) is 10.9 Å². The molecule has 1 saturated heterocycles. The fourth-order valence-corrected chi connectivity index (χ4v) is 4.11. The molecule has 0 spiro atoms. The van der Waals surface area contributed by atoms with Crippen molar-refractivity contribution < 1.29 is 12.8 Å². The van der Waals surface area contributed by atoms with Gasteiger partial charge in [-0.25, -0.2) is 12.8 Å². The molecular formula is C15H17FN4O2S. The van der Waals surface area contributed by atoms with Crippen LogP contribution in [0.15, 0.2) is 47.5 Å². The fourth-order valence-electron chi connectivity index (χ4n) is 2.60. The molecule has 8 heteroatoms. The Bertz CT molecular complexity index is 762. The summed E-state index contributed by atoms with van der Waals surface area (Å²) in [6.07, 6.45) is 2.91. The van der Waals surface area contributed by atoms with E-state index in [1.807, 2.05) is 6.07 Å². The SMILES string of the molecule is O=S(=O)(c1cccc(F)c1)N1CCC(Nc2cccnn2)CC1. The topological polar surface area (TPSA) is 75.2 Å². The molecule has 1 N–H and O–H groups in total. The summed E-state index contributed by atoms with van der Waals surface area (Å²) in [5.41, 5.74) is 0. The standard InChI is InChI=1S/C15H17FN4O2S/c16-12-3-1-4-14(11-12)23(21,22)20-9-6-13(7-10-20)18-15-5-2-8-17-19-15/h1-5,8,11,13H,6-7,9-10H2,(H,18,19). The predicted molar refractivity (Wildman–Crippen MR) is 83.8 cm³/mol. The number of hydrogen-bond acceptors (Lipinski definition) is 5. The van der Waals surface area contributed by atoms with Gasteiger partial charge in [0.1, 0.15) is 11.6 Å². The van der Waals surface area contributed by atoms with Crippen LogP contribution in [0.1, 0.15) is 12.8 Å². The molecule has 1 aromatic carbocycles. The Morgan fingerprint density at radius 3 is 2.61 bits per heavy atom. The first-order valence-corrected chi connectivity index (χ1v) is 8.80. The first kappa shape index (κ1) is 15.8. The molecule has 0 bridgehead atoms. The molecule has 0 aliphatic carbocycles. The molecular weight excluding hydrogens is 319 g/mol. The number of sulfonamides is 1. The third-order valence-electron chi connectivity index (χ3n) is 3.81. The molecule has 0 unspecified atom stereocenters. The third kappa shape index (κ3) is 3.65. The minimum Gasteiger partial charge on any atom is -0.366 e. The number of anilines is 1. The summed E-state index contributed by atoms with van der Waals surface area (Å²) in [6, 6.07) is 8.87. The lowest BCUT2D eigenvalue weighted by atomic mass is 10.1. The highest BCUT2D eigenvalue weighted by atomic mass is 32.2. The van der Waals surface area contributed by atoms with Crippen molar-refractivity contribution in [1.82, 2.24) is 14.5 Å². The molecule has 2 heterocycles. The van der Waals surface area contributed by atoms with Gasteiger partial charge in [-0.05, 0) is 43.2 Å². The quantitative estimate of drug-likeness (QED) is 0.923. The minimum absolute atomic E-state index is 0.00200. The molecule has 0 atom stereocenters. The molecule has 1 aromatic heterocycles. The van der Waals surface area contributed by atoms with E-state index in [9.17, 15) is 12.8 Å². The lowest BCUT2D eigenvalue weighted by molar-refractivity contribution is 0.329. The molecule has 0 saturated carbocycles. The van der Waals surface area contributed by atoms with E-state index in [2.05, 4.69) is 15.5 Å². The van der Waals surface area contributed by atoms with Crippen LogP contribution < -0.4 is 5.32 Å². The van der Waals surface area contributed by atoms with E-state index in [1.165, 1.54) is 22.5 Å². The van der Waals surface area contributed by atoms with Crippen LogP contribution in [-0.2, 0) is 10.0 Å². The Hall–Kier alpha value is -2.06. The molecule has 0 radical (unpaired) electrons. The summed E-state index contributed by atoms with van der Waals surface area (Å²) < 4.78 is 39.7. The summed E-state index contributed by atoms with van der Waals surface area (Å²) in [7, 11) is -3.64. The summed E-state index contributed by atoms with van der Waals surface area (Å²) in [5.74, 6) is 0.129. The highest BCUT2D eigenvalue weighted by Gasteiger charge is 2.29. The number of hydrogen-bond donors (Lipinski definition) is 1. The van der Waals surface area contributed by atoms with E-state index in [0.717, 1.165) is 6.07 Å². The van der Waals surface area contributed by atoms with E-state index in [1.54, 1.807) is 12.3 Å². The van der Waals surface area contributed by atoms with Crippen molar-refractivity contribution >= 4 is 15.8 Å². The van der Waals surface area contributed by atoms with E-state index < -0.39 is 15.8 Å². The van der Waals surface area contributed by atoms with Crippen molar-refractivity contribution in [1.29, 1.82) is 0 Å². The van der Waals surface area contributed by atoms with Crippen LogP contribution in [0.2, 0.25) is 0 Å². The van der Waals surface area contributed by atoms with Crippen LogP contribution >= 0.6 is 0 Å². The van der Waals surface area contributed by atoms with Gasteiger partial charge in [-0.3, -0.25) is 0 Å². The van der Waals surface area contributed by atoms with E-state index in [0.29, 0.717) is 31.7 Å². The number of benzene rings is 1. The van der Waals surface area contributed by atoms with Crippen LogP contribution in [0.4, 0.5) is 10.2 Å². The van der Waals surface area contributed by atoms with Crippen LogP contribution in [0.3, 0.4) is 0 Å². The largest absolute Gasteiger partial charge is 0.366 e. The molecule has 3 rings (SSSR count). The van der Waals surface area contributed by atoms with Crippen LogP contribution in [-0.4, -0.2) is 42.1 Å². The van der Waals surface area contributed by atoms with Gasteiger partial charge in [0, 0.05) is 25.3 Å². The Morgan fingerprint density at radius 1 is 1.17 bits per heavy atom. The average molecular weight is 336 g/mol. The number of aromatic nitrogens is 2. The summed E-state index contributed by atoms with van der Waals surface area (Å²) >= 11 is 0. The average Bonchev–Trinajstić information content (AvgIpc) is 2.56. The zero-order valence-corrected chi connectivity index (χ0v) is 13.2.